The molecule has 1 saturated heterocycles. The molecule has 0 aromatic heterocycles. The Hall–Kier alpha value is -1.46. The second kappa shape index (κ2) is 6.81. The second-order valence-electron chi connectivity index (χ2n) is 7.60. The number of fused-ring (bicyclic) bond motifs is 1. The van der Waals surface area contributed by atoms with Gasteiger partial charge >= 0.3 is 6.09 Å². The van der Waals surface area contributed by atoms with Crippen LogP contribution in [0.2, 0.25) is 0 Å². The van der Waals surface area contributed by atoms with Crippen molar-refractivity contribution in [2.75, 3.05) is 13.1 Å². The number of carbonyl (C=O) groups excluding carboxylic acids is 1. The fourth-order valence-electron chi connectivity index (χ4n) is 3.39. The number of benzene rings is 1. The standard InChI is InChI=1S/C18H26N2O3.ClH/c1-17(2,3)23-16(21)20-10-8-18(9-11-20)12-14(19)13-6-4-5-7-15(13)22-18;/h4-7,14H,8-12,19H2,1-3H3;1H. The minimum atomic E-state index is -0.463. The number of hydrogen-bond acceptors (Lipinski definition) is 4. The van der Waals surface area contributed by atoms with Crippen LogP contribution in [0.5, 0.6) is 5.75 Å². The van der Waals surface area contributed by atoms with Gasteiger partial charge in [0.1, 0.15) is 17.0 Å². The van der Waals surface area contributed by atoms with Crippen molar-refractivity contribution in [2.24, 2.45) is 5.73 Å². The Bertz CT molecular complexity index is 592. The smallest absolute Gasteiger partial charge is 0.410 e. The number of ether oxygens (including phenoxy) is 2. The van der Waals surface area contributed by atoms with Gasteiger partial charge < -0.3 is 20.1 Å². The number of hydrogen-bond donors (Lipinski definition) is 1. The van der Waals surface area contributed by atoms with Crippen molar-refractivity contribution in [3.05, 3.63) is 29.8 Å². The Kier molecular flexibility index (Phi) is 5.35. The van der Waals surface area contributed by atoms with Gasteiger partial charge in [0, 0.05) is 44.0 Å². The van der Waals surface area contributed by atoms with Crippen molar-refractivity contribution in [1.82, 2.24) is 4.90 Å². The van der Waals surface area contributed by atoms with Crippen LogP contribution in [0.25, 0.3) is 0 Å². The van der Waals surface area contributed by atoms with Gasteiger partial charge in [0.05, 0.1) is 0 Å². The van der Waals surface area contributed by atoms with E-state index in [-0.39, 0.29) is 30.1 Å². The van der Waals surface area contributed by atoms with E-state index in [0.717, 1.165) is 30.6 Å². The summed E-state index contributed by atoms with van der Waals surface area (Å²) >= 11 is 0. The molecule has 0 radical (unpaired) electrons. The fraction of sp³-hybridized carbons (Fsp3) is 0.611. The minimum absolute atomic E-state index is 0. The highest BCUT2D eigenvalue weighted by atomic mass is 35.5. The zero-order valence-corrected chi connectivity index (χ0v) is 15.4. The van der Waals surface area contributed by atoms with Crippen LogP contribution in [0.3, 0.4) is 0 Å². The maximum absolute atomic E-state index is 12.2. The molecule has 1 fully saturated rings. The summed E-state index contributed by atoms with van der Waals surface area (Å²) in [5, 5.41) is 0. The van der Waals surface area contributed by atoms with Crippen LogP contribution in [0.1, 0.15) is 51.6 Å². The number of nitrogens with zero attached hydrogens (tertiary/aromatic N) is 1. The van der Waals surface area contributed by atoms with E-state index in [9.17, 15) is 4.79 Å². The summed E-state index contributed by atoms with van der Waals surface area (Å²) in [5.74, 6) is 0.886. The predicted octanol–water partition coefficient (Wildman–Crippen LogP) is 3.66. The maximum Gasteiger partial charge on any atom is 0.410 e. The first-order valence-corrected chi connectivity index (χ1v) is 8.29. The second-order valence-corrected chi connectivity index (χ2v) is 7.60. The molecule has 134 valence electrons. The first kappa shape index (κ1) is 18.9. The van der Waals surface area contributed by atoms with Crippen molar-refractivity contribution >= 4 is 18.5 Å². The van der Waals surface area contributed by atoms with Gasteiger partial charge in [0.15, 0.2) is 0 Å². The van der Waals surface area contributed by atoms with Gasteiger partial charge in [-0.2, -0.15) is 0 Å². The van der Waals surface area contributed by atoms with Crippen molar-refractivity contribution in [1.29, 1.82) is 0 Å². The van der Waals surface area contributed by atoms with Gasteiger partial charge in [-0.15, -0.1) is 12.4 Å². The third kappa shape index (κ3) is 3.95. The summed E-state index contributed by atoms with van der Waals surface area (Å²) in [7, 11) is 0. The SMILES string of the molecule is CC(C)(C)OC(=O)N1CCC2(CC1)CC(N)c1ccccc1O2.Cl. The average Bonchev–Trinajstić information content (AvgIpc) is 2.46. The first-order valence-electron chi connectivity index (χ1n) is 8.29. The molecular formula is C18H27ClN2O3. The quantitative estimate of drug-likeness (QED) is 0.772. The Morgan fingerprint density at radius 3 is 2.54 bits per heavy atom. The summed E-state index contributed by atoms with van der Waals surface area (Å²) in [4.78, 5) is 14.0. The Morgan fingerprint density at radius 1 is 1.29 bits per heavy atom. The monoisotopic (exact) mass is 354 g/mol. The summed E-state index contributed by atoms with van der Waals surface area (Å²) < 4.78 is 11.8. The van der Waals surface area contributed by atoms with E-state index in [1.54, 1.807) is 4.90 Å². The molecule has 1 spiro atoms. The van der Waals surface area contributed by atoms with Gasteiger partial charge in [-0.25, -0.2) is 4.79 Å². The lowest BCUT2D eigenvalue weighted by atomic mass is 9.81. The molecule has 0 saturated carbocycles. The number of rotatable bonds is 0. The number of halogens is 1. The Morgan fingerprint density at radius 2 is 1.92 bits per heavy atom. The molecule has 1 unspecified atom stereocenters. The molecule has 1 aromatic carbocycles. The van der Waals surface area contributed by atoms with E-state index in [4.69, 9.17) is 15.2 Å². The van der Waals surface area contributed by atoms with Gasteiger partial charge in [-0.05, 0) is 26.8 Å². The highest BCUT2D eigenvalue weighted by molar-refractivity contribution is 5.85. The summed E-state index contributed by atoms with van der Waals surface area (Å²) in [6, 6.07) is 7.97. The summed E-state index contributed by atoms with van der Waals surface area (Å²) in [6.45, 7) is 6.94. The summed E-state index contributed by atoms with van der Waals surface area (Å²) in [6.07, 6.45) is 2.13. The van der Waals surface area contributed by atoms with E-state index < -0.39 is 5.60 Å². The highest BCUT2D eigenvalue weighted by Crippen LogP contribution is 2.43. The number of amides is 1. The largest absolute Gasteiger partial charge is 0.487 e. The molecule has 1 amide bonds. The number of para-hydroxylation sites is 1. The Labute approximate surface area is 149 Å². The normalized spacial score (nSPS) is 22.2. The zero-order chi connectivity index (χ0) is 16.7. The van der Waals surface area contributed by atoms with Crippen molar-refractivity contribution < 1.29 is 14.3 Å². The molecule has 2 heterocycles. The third-order valence-electron chi connectivity index (χ3n) is 4.56. The van der Waals surface area contributed by atoms with Crippen molar-refractivity contribution in [3.63, 3.8) is 0 Å². The number of piperidine rings is 1. The van der Waals surface area contributed by atoms with E-state index in [1.807, 2.05) is 45.0 Å². The first-order chi connectivity index (χ1) is 10.8. The van der Waals surface area contributed by atoms with E-state index >= 15 is 0 Å². The van der Waals surface area contributed by atoms with Gasteiger partial charge in [-0.3, -0.25) is 0 Å². The molecule has 0 bridgehead atoms. The van der Waals surface area contributed by atoms with Gasteiger partial charge in [-0.1, -0.05) is 18.2 Å². The number of carbonyl (C=O) groups is 1. The summed E-state index contributed by atoms with van der Waals surface area (Å²) in [5.41, 5.74) is 6.70. The molecule has 2 aliphatic rings. The zero-order valence-electron chi connectivity index (χ0n) is 14.6. The average molecular weight is 355 g/mol. The van der Waals surface area contributed by atoms with Gasteiger partial charge in [0.25, 0.3) is 0 Å². The molecular weight excluding hydrogens is 328 g/mol. The third-order valence-corrected chi connectivity index (χ3v) is 4.56. The molecule has 1 aromatic rings. The highest BCUT2D eigenvalue weighted by Gasteiger charge is 2.43. The van der Waals surface area contributed by atoms with Crippen molar-refractivity contribution in [3.8, 4) is 5.75 Å². The van der Waals surface area contributed by atoms with E-state index in [2.05, 4.69) is 0 Å². The molecule has 1 atom stereocenters. The van der Waals surface area contributed by atoms with Crippen LogP contribution < -0.4 is 10.5 Å². The lowest BCUT2D eigenvalue weighted by Gasteiger charge is -2.46. The topological polar surface area (TPSA) is 64.8 Å². The number of nitrogens with two attached hydrogens (primary N) is 1. The lowest BCUT2D eigenvalue weighted by molar-refractivity contribution is -0.0320. The molecule has 2 aliphatic heterocycles. The molecule has 2 N–H and O–H groups in total. The van der Waals surface area contributed by atoms with Crippen LogP contribution in [0.15, 0.2) is 24.3 Å². The van der Waals surface area contributed by atoms with Crippen LogP contribution >= 0.6 is 12.4 Å². The fourth-order valence-corrected chi connectivity index (χ4v) is 3.39. The lowest BCUT2D eigenvalue weighted by Crippen LogP contribution is -2.53. The molecule has 6 heteroatoms. The molecule has 5 nitrogen and oxygen atoms in total. The van der Waals surface area contributed by atoms with E-state index in [0.29, 0.717) is 13.1 Å². The van der Waals surface area contributed by atoms with Crippen LogP contribution in [0, 0.1) is 0 Å². The molecule has 0 aliphatic carbocycles. The van der Waals surface area contributed by atoms with E-state index in [1.165, 1.54) is 0 Å². The molecule has 3 rings (SSSR count). The van der Waals surface area contributed by atoms with Crippen LogP contribution in [0.4, 0.5) is 4.79 Å². The van der Waals surface area contributed by atoms with Crippen LogP contribution in [-0.2, 0) is 4.74 Å². The predicted molar refractivity (Wildman–Crippen MR) is 95.6 cm³/mol. The van der Waals surface area contributed by atoms with Crippen molar-refractivity contribution in [2.45, 2.75) is 57.3 Å². The number of likely N-dealkylation sites (tertiary alicyclic amines) is 1. The Balaban J connectivity index is 0.00000208. The maximum atomic E-state index is 12.2. The minimum Gasteiger partial charge on any atom is -0.487 e. The van der Waals surface area contributed by atoms with Gasteiger partial charge in [0.2, 0.25) is 0 Å². The molecule has 24 heavy (non-hydrogen) atoms. The van der Waals surface area contributed by atoms with Crippen LogP contribution in [-0.4, -0.2) is 35.3 Å².